The predicted molar refractivity (Wildman–Crippen MR) is 104 cm³/mol. The predicted octanol–water partition coefficient (Wildman–Crippen LogP) is 4.20. The Morgan fingerprint density at radius 1 is 0.962 bits per heavy atom. The molecule has 3 aromatic rings. The molecule has 0 spiro atoms. The van der Waals surface area contributed by atoms with Crippen LogP contribution in [0.25, 0.3) is 5.69 Å². The van der Waals surface area contributed by atoms with Gasteiger partial charge in [0.15, 0.2) is 0 Å². The molecule has 0 saturated carbocycles. The van der Waals surface area contributed by atoms with Crippen molar-refractivity contribution in [2.75, 3.05) is 0 Å². The van der Waals surface area contributed by atoms with Gasteiger partial charge in [-0.2, -0.15) is 0 Å². The van der Waals surface area contributed by atoms with Crippen LogP contribution in [0, 0.1) is 4.77 Å². The maximum atomic E-state index is 12.7. The number of hydrogen-bond acceptors (Lipinski definition) is 3. The van der Waals surface area contributed by atoms with E-state index < -0.39 is 0 Å². The molecule has 4 rings (SSSR count). The van der Waals surface area contributed by atoms with Gasteiger partial charge in [0.25, 0.3) is 0 Å². The topological polar surface area (TPSA) is 41.1 Å². The fourth-order valence-electron chi connectivity index (χ4n) is 3.13. The summed E-state index contributed by atoms with van der Waals surface area (Å²) in [5, 5.41) is 0.705. The average molecular weight is 388 g/mol. The van der Waals surface area contributed by atoms with Crippen LogP contribution in [0.3, 0.4) is 0 Å². The van der Waals surface area contributed by atoms with Crippen LogP contribution in [0.5, 0.6) is 5.75 Å². The zero-order valence-electron chi connectivity index (χ0n) is 14.1. The molecule has 0 N–H and O–H groups in total. The molecule has 0 amide bonds. The van der Waals surface area contributed by atoms with Gasteiger partial charge in [-0.05, 0) is 67.0 Å². The van der Waals surface area contributed by atoms with Gasteiger partial charge in [0, 0.05) is 18.1 Å². The molecule has 0 saturated heterocycles. The summed E-state index contributed by atoms with van der Waals surface area (Å²) in [6, 6.07) is 15.0. The van der Waals surface area contributed by atoms with Gasteiger partial charge < -0.3 is 4.74 Å². The third kappa shape index (κ3) is 3.22. The van der Waals surface area contributed by atoms with E-state index in [4.69, 9.17) is 28.6 Å². The average Bonchev–Trinajstić information content (AvgIpc) is 2.93. The number of aromatic nitrogens is 3. The highest BCUT2D eigenvalue weighted by molar-refractivity contribution is 7.71. The van der Waals surface area contributed by atoms with Crippen LogP contribution in [0.2, 0.25) is 5.02 Å². The lowest BCUT2D eigenvalue weighted by Crippen LogP contribution is -2.29. The molecule has 1 aromatic heterocycles. The first-order valence-electron chi connectivity index (χ1n) is 8.54. The molecule has 26 heavy (non-hydrogen) atoms. The second-order valence-electron chi connectivity index (χ2n) is 6.26. The quantitative estimate of drug-likeness (QED) is 0.630. The molecular weight excluding hydrogens is 370 g/mol. The number of halogens is 1. The smallest absolute Gasteiger partial charge is 0.349 e. The van der Waals surface area contributed by atoms with Gasteiger partial charge in [0.05, 0.1) is 5.69 Å². The van der Waals surface area contributed by atoms with Crippen molar-refractivity contribution in [1.29, 1.82) is 0 Å². The number of rotatable bonds is 4. The molecule has 0 bridgehead atoms. The van der Waals surface area contributed by atoms with Crippen molar-refractivity contribution >= 4 is 23.8 Å². The first-order chi connectivity index (χ1) is 12.6. The third-order valence-electron chi connectivity index (χ3n) is 4.52. The van der Waals surface area contributed by atoms with Gasteiger partial charge in [0.2, 0.25) is 4.77 Å². The van der Waals surface area contributed by atoms with Crippen molar-refractivity contribution in [1.82, 2.24) is 13.9 Å². The SMILES string of the molecule is O=c1n(-c2ccc(OCc3ccc(Cl)cc3)cc2)c(=S)n2n1CCCC2. The Hall–Kier alpha value is -2.31. The van der Waals surface area contributed by atoms with E-state index in [2.05, 4.69) is 0 Å². The summed E-state index contributed by atoms with van der Waals surface area (Å²) in [6.07, 6.45) is 2.06. The highest BCUT2D eigenvalue weighted by Crippen LogP contribution is 2.18. The Morgan fingerprint density at radius 3 is 2.27 bits per heavy atom. The van der Waals surface area contributed by atoms with Crippen molar-refractivity contribution < 1.29 is 4.74 Å². The molecule has 0 unspecified atom stereocenters. The second kappa shape index (κ2) is 7.13. The van der Waals surface area contributed by atoms with Crippen molar-refractivity contribution in [3.63, 3.8) is 0 Å². The van der Waals surface area contributed by atoms with Crippen molar-refractivity contribution in [2.24, 2.45) is 0 Å². The molecule has 1 aliphatic rings. The standard InChI is InChI=1S/C19H18ClN3O2S/c20-15-5-3-14(4-6-15)13-25-17-9-7-16(8-10-17)23-18(24)21-11-1-2-12-22(21)19(23)26/h3-10H,1-2,11-13H2. The van der Waals surface area contributed by atoms with E-state index in [1.807, 2.05) is 53.2 Å². The van der Waals surface area contributed by atoms with Gasteiger partial charge in [-0.3, -0.25) is 4.68 Å². The minimum Gasteiger partial charge on any atom is -0.489 e. The minimum absolute atomic E-state index is 0.0791. The Bertz CT molecular complexity index is 995. The van der Waals surface area contributed by atoms with E-state index in [1.165, 1.54) is 0 Å². The van der Waals surface area contributed by atoms with Crippen LogP contribution in [0.1, 0.15) is 18.4 Å². The van der Waals surface area contributed by atoms with Crippen LogP contribution in [-0.2, 0) is 19.7 Å². The highest BCUT2D eigenvalue weighted by Gasteiger charge is 2.17. The summed E-state index contributed by atoms with van der Waals surface area (Å²) in [5.74, 6) is 0.735. The normalized spacial score (nSPS) is 13.4. The Morgan fingerprint density at radius 2 is 1.62 bits per heavy atom. The maximum absolute atomic E-state index is 12.7. The van der Waals surface area contributed by atoms with Gasteiger partial charge in [-0.25, -0.2) is 14.0 Å². The van der Waals surface area contributed by atoms with E-state index >= 15 is 0 Å². The summed E-state index contributed by atoms with van der Waals surface area (Å²) in [7, 11) is 0. The number of ether oxygens (including phenoxy) is 1. The molecule has 0 aliphatic carbocycles. The Balaban J connectivity index is 1.55. The van der Waals surface area contributed by atoms with Crippen LogP contribution in [-0.4, -0.2) is 13.9 Å². The van der Waals surface area contributed by atoms with E-state index in [-0.39, 0.29) is 5.69 Å². The molecule has 2 aromatic carbocycles. The van der Waals surface area contributed by atoms with E-state index in [0.717, 1.165) is 42.9 Å². The molecule has 0 radical (unpaired) electrons. The van der Waals surface area contributed by atoms with Crippen molar-refractivity contribution in [3.8, 4) is 11.4 Å². The lowest BCUT2D eigenvalue weighted by atomic mass is 10.2. The van der Waals surface area contributed by atoms with Gasteiger partial charge in [-0.1, -0.05) is 23.7 Å². The van der Waals surface area contributed by atoms with Gasteiger partial charge >= 0.3 is 5.69 Å². The summed E-state index contributed by atoms with van der Waals surface area (Å²) in [6.45, 7) is 1.97. The summed E-state index contributed by atoms with van der Waals surface area (Å²) in [5.41, 5.74) is 1.72. The maximum Gasteiger partial charge on any atom is 0.349 e. The summed E-state index contributed by atoms with van der Waals surface area (Å²) in [4.78, 5) is 12.7. The van der Waals surface area contributed by atoms with Crippen molar-refractivity contribution in [3.05, 3.63) is 74.4 Å². The van der Waals surface area contributed by atoms with E-state index in [1.54, 1.807) is 9.25 Å². The second-order valence-corrected chi connectivity index (χ2v) is 7.06. The first-order valence-corrected chi connectivity index (χ1v) is 9.32. The molecule has 0 fully saturated rings. The van der Waals surface area contributed by atoms with E-state index in [0.29, 0.717) is 16.4 Å². The largest absolute Gasteiger partial charge is 0.489 e. The lowest BCUT2D eigenvalue weighted by molar-refractivity contribution is 0.306. The van der Waals surface area contributed by atoms with Gasteiger partial charge in [0.1, 0.15) is 12.4 Å². The molecule has 0 atom stereocenters. The summed E-state index contributed by atoms with van der Waals surface area (Å²) < 4.78 is 11.6. The van der Waals surface area contributed by atoms with Crippen LogP contribution >= 0.6 is 23.8 Å². The zero-order chi connectivity index (χ0) is 18.1. The van der Waals surface area contributed by atoms with Gasteiger partial charge in [-0.15, -0.1) is 0 Å². The number of nitrogens with zero attached hydrogens (tertiary/aromatic N) is 3. The molecule has 134 valence electrons. The van der Waals surface area contributed by atoms with Crippen molar-refractivity contribution in [2.45, 2.75) is 32.5 Å². The number of benzene rings is 2. The fourth-order valence-corrected chi connectivity index (χ4v) is 3.63. The molecule has 2 heterocycles. The number of fused-ring (bicyclic) bond motifs is 1. The Kier molecular flexibility index (Phi) is 4.70. The van der Waals surface area contributed by atoms with E-state index in [9.17, 15) is 4.79 Å². The molecular formula is C19H18ClN3O2S. The molecule has 1 aliphatic heterocycles. The summed E-state index contributed by atoms with van der Waals surface area (Å²) >= 11 is 11.4. The lowest BCUT2D eigenvalue weighted by Gasteiger charge is -2.14. The van der Waals surface area contributed by atoms with Crippen LogP contribution in [0.15, 0.2) is 53.3 Å². The monoisotopic (exact) mass is 387 g/mol. The minimum atomic E-state index is -0.0791. The zero-order valence-corrected chi connectivity index (χ0v) is 15.7. The fraction of sp³-hybridized carbons (Fsp3) is 0.263. The molecule has 5 nitrogen and oxygen atoms in total. The van der Waals surface area contributed by atoms with Crippen LogP contribution in [0.4, 0.5) is 0 Å². The third-order valence-corrected chi connectivity index (χ3v) is 5.16. The Labute approximate surface area is 161 Å². The number of hydrogen-bond donors (Lipinski definition) is 0. The highest BCUT2D eigenvalue weighted by atomic mass is 35.5. The van der Waals surface area contributed by atoms with Crippen LogP contribution < -0.4 is 10.4 Å². The first kappa shape index (κ1) is 17.1. The molecule has 7 heteroatoms.